The van der Waals surface area contributed by atoms with Crippen molar-refractivity contribution >= 4 is 27.5 Å². The van der Waals surface area contributed by atoms with Gasteiger partial charge in [-0.25, -0.2) is 4.98 Å². The number of ether oxygens (including phenoxy) is 2. The first-order valence-electron chi connectivity index (χ1n) is 8.41. The molecule has 2 aromatic heterocycles. The number of benzene rings is 1. The molecule has 1 amide bonds. The van der Waals surface area contributed by atoms with E-state index in [1.807, 2.05) is 23.6 Å². The first kappa shape index (κ1) is 18.9. The molecule has 1 aromatic carbocycles. The van der Waals surface area contributed by atoms with Gasteiger partial charge in [0.05, 0.1) is 25.9 Å². The summed E-state index contributed by atoms with van der Waals surface area (Å²) in [6.07, 6.45) is 1.73. The lowest BCUT2D eigenvalue weighted by Crippen LogP contribution is -2.29. The third-order valence-electron chi connectivity index (χ3n) is 4.31. The first-order valence-corrected chi connectivity index (χ1v) is 9.29. The summed E-state index contributed by atoms with van der Waals surface area (Å²) >= 11 is 1.43. The smallest absolute Gasteiger partial charge is 0.262 e. The molecule has 2 heterocycles. The fourth-order valence-corrected chi connectivity index (χ4v) is 3.52. The van der Waals surface area contributed by atoms with Gasteiger partial charge in [0.2, 0.25) is 5.91 Å². The molecule has 0 saturated carbocycles. The summed E-state index contributed by atoms with van der Waals surface area (Å²) in [5, 5.41) is 2.43. The molecule has 27 heavy (non-hydrogen) atoms. The fourth-order valence-electron chi connectivity index (χ4n) is 2.80. The standard InChI is InChI=1S/C19H21N3O4S/c1-21(11-13-4-5-15(25-2)16(10-13)26-3)17(23)6-8-22-12-20-18-14(19(22)24)7-9-27-18/h4-5,7,9-10,12H,6,8,11H2,1-3H3. The number of carbonyl (C=O) groups excluding carboxylic acids is 1. The molecule has 3 rings (SSSR count). The van der Waals surface area contributed by atoms with Crippen molar-refractivity contribution in [3.8, 4) is 11.5 Å². The third-order valence-corrected chi connectivity index (χ3v) is 5.13. The van der Waals surface area contributed by atoms with Gasteiger partial charge in [-0.05, 0) is 29.1 Å². The Labute approximate surface area is 160 Å². The molecule has 0 aliphatic rings. The predicted octanol–water partition coefficient (Wildman–Crippen LogP) is 2.52. The Kier molecular flexibility index (Phi) is 5.75. The van der Waals surface area contributed by atoms with Gasteiger partial charge < -0.3 is 14.4 Å². The highest BCUT2D eigenvalue weighted by molar-refractivity contribution is 7.16. The number of methoxy groups -OCH3 is 2. The molecule has 0 unspecified atom stereocenters. The summed E-state index contributed by atoms with van der Waals surface area (Å²) < 4.78 is 12.0. The van der Waals surface area contributed by atoms with E-state index >= 15 is 0 Å². The molecular formula is C19H21N3O4S. The molecule has 0 aliphatic carbocycles. The first-order chi connectivity index (χ1) is 13.0. The number of thiophene rings is 1. The van der Waals surface area contributed by atoms with Crippen LogP contribution in [-0.2, 0) is 17.9 Å². The second-order valence-electron chi connectivity index (χ2n) is 6.07. The van der Waals surface area contributed by atoms with Crippen molar-refractivity contribution < 1.29 is 14.3 Å². The number of hydrogen-bond donors (Lipinski definition) is 0. The number of carbonyl (C=O) groups is 1. The Morgan fingerprint density at radius 1 is 1.22 bits per heavy atom. The summed E-state index contributed by atoms with van der Waals surface area (Å²) in [7, 11) is 4.89. The van der Waals surface area contributed by atoms with E-state index in [2.05, 4.69) is 4.98 Å². The largest absolute Gasteiger partial charge is 0.493 e. The van der Waals surface area contributed by atoms with E-state index in [-0.39, 0.29) is 17.9 Å². The van der Waals surface area contributed by atoms with Gasteiger partial charge in [0.25, 0.3) is 5.56 Å². The molecule has 3 aromatic rings. The van der Waals surface area contributed by atoms with Crippen LogP contribution < -0.4 is 15.0 Å². The summed E-state index contributed by atoms with van der Waals surface area (Å²) in [4.78, 5) is 31.4. The van der Waals surface area contributed by atoms with Crippen LogP contribution in [0.25, 0.3) is 10.2 Å². The quantitative estimate of drug-likeness (QED) is 0.623. The number of hydrogen-bond acceptors (Lipinski definition) is 6. The van der Waals surface area contributed by atoms with Crippen molar-refractivity contribution in [1.82, 2.24) is 14.5 Å². The summed E-state index contributed by atoms with van der Waals surface area (Å²) in [6.45, 7) is 0.739. The molecule has 0 bridgehead atoms. The lowest BCUT2D eigenvalue weighted by molar-refractivity contribution is -0.130. The topological polar surface area (TPSA) is 73.7 Å². The molecule has 0 saturated heterocycles. The fraction of sp³-hybridized carbons (Fsp3) is 0.316. The van der Waals surface area contributed by atoms with E-state index in [0.717, 1.165) is 5.56 Å². The highest BCUT2D eigenvalue weighted by Gasteiger charge is 2.13. The second-order valence-corrected chi connectivity index (χ2v) is 6.97. The molecule has 0 N–H and O–H groups in total. The Hall–Kier alpha value is -2.87. The van der Waals surface area contributed by atoms with Crippen molar-refractivity contribution in [2.45, 2.75) is 19.5 Å². The molecule has 8 heteroatoms. The normalized spacial score (nSPS) is 10.8. The number of fused-ring (bicyclic) bond motifs is 1. The lowest BCUT2D eigenvalue weighted by atomic mass is 10.2. The van der Waals surface area contributed by atoms with Crippen molar-refractivity contribution in [1.29, 1.82) is 0 Å². The van der Waals surface area contributed by atoms with E-state index in [4.69, 9.17) is 9.47 Å². The maximum absolute atomic E-state index is 12.5. The van der Waals surface area contributed by atoms with Gasteiger partial charge in [-0.1, -0.05) is 6.07 Å². The van der Waals surface area contributed by atoms with Crippen molar-refractivity contribution in [3.63, 3.8) is 0 Å². The zero-order valence-electron chi connectivity index (χ0n) is 15.5. The SMILES string of the molecule is COc1ccc(CN(C)C(=O)CCn2cnc3sccc3c2=O)cc1OC. The van der Waals surface area contributed by atoms with E-state index in [1.54, 1.807) is 32.2 Å². The van der Waals surface area contributed by atoms with Gasteiger partial charge in [0, 0.05) is 26.6 Å². The predicted molar refractivity (Wildman–Crippen MR) is 105 cm³/mol. The zero-order chi connectivity index (χ0) is 19.4. The summed E-state index contributed by atoms with van der Waals surface area (Å²) in [6, 6.07) is 7.32. The average Bonchev–Trinajstić information content (AvgIpc) is 3.16. The van der Waals surface area contributed by atoms with Crippen LogP contribution in [0.3, 0.4) is 0 Å². The Bertz CT molecular complexity index is 1010. The Morgan fingerprint density at radius 2 is 2.00 bits per heavy atom. The number of rotatable bonds is 7. The molecular weight excluding hydrogens is 366 g/mol. The molecule has 7 nitrogen and oxygen atoms in total. The highest BCUT2D eigenvalue weighted by atomic mass is 32.1. The van der Waals surface area contributed by atoms with Crippen LogP contribution in [0.2, 0.25) is 0 Å². The van der Waals surface area contributed by atoms with Gasteiger partial charge in [-0.15, -0.1) is 11.3 Å². The molecule has 0 fully saturated rings. The van der Waals surface area contributed by atoms with Crippen LogP contribution >= 0.6 is 11.3 Å². The van der Waals surface area contributed by atoms with Crippen molar-refractivity contribution in [3.05, 3.63) is 51.9 Å². The maximum atomic E-state index is 12.5. The van der Waals surface area contributed by atoms with E-state index < -0.39 is 0 Å². The van der Waals surface area contributed by atoms with E-state index in [1.165, 1.54) is 22.2 Å². The number of aromatic nitrogens is 2. The van der Waals surface area contributed by atoms with Crippen LogP contribution in [0.5, 0.6) is 11.5 Å². The summed E-state index contributed by atoms with van der Waals surface area (Å²) in [5.41, 5.74) is 0.818. The minimum atomic E-state index is -0.114. The van der Waals surface area contributed by atoms with Gasteiger partial charge in [-0.2, -0.15) is 0 Å². The van der Waals surface area contributed by atoms with E-state index in [9.17, 15) is 9.59 Å². The van der Waals surface area contributed by atoms with Crippen LogP contribution in [0.1, 0.15) is 12.0 Å². The number of aryl methyl sites for hydroxylation is 1. The number of amides is 1. The van der Waals surface area contributed by atoms with Gasteiger partial charge >= 0.3 is 0 Å². The number of nitrogens with zero attached hydrogens (tertiary/aromatic N) is 3. The van der Waals surface area contributed by atoms with Crippen molar-refractivity contribution in [2.75, 3.05) is 21.3 Å². The maximum Gasteiger partial charge on any atom is 0.262 e. The molecule has 0 spiro atoms. The highest BCUT2D eigenvalue weighted by Crippen LogP contribution is 2.28. The Morgan fingerprint density at radius 3 is 2.74 bits per heavy atom. The monoisotopic (exact) mass is 387 g/mol. The van der Waals surface area contributed by atoms with Crippen LogP contribution in [0.15, 0.2) is 40.8 Å². The molecule has 142 valence electrons. The molecule has 0 aliphatic heterocycles. The van der Waals surface area contributed by atoms with Crippen molar-refractivity contribution in [2.24, 2.45) is 0 Å². The van der Waals surface area contributed by atoms with Gasteiger partial charge in [0.15, 0.2) is 11.5 Å². The molecule has 0 atom stereocenters. The Balaban J connectivity index is 1.63. The third kappa shape index (κ3) is 4.11. The minimum Gasteiger partial charge on any atom is -0.493 e. The molecule has 0 radical (unpaired) electrons. The van der Waals surface area contributed by atoms with Crippen LogP contribution in [0, 0.1) is 0 Å². The second kappa shape index (κ2) is 8.22. The lowest BCUT2D eigenvalue weighted by Gasteiger charge is -2.18. The van der Waals surface area contributed by atoms with Gasteiger partial charge in [0.1, 0.15) is 4.83 Å². The van der Waals surface area contributed by atoms with Crippen LogP contribution in [-0.4, -0.2) is 41.6 Å². The minimum absolute atomic E-state index is 0.0536. The van der Waals surface area contributed by atoms with Crippen LogP contribution in [0.4, 0.5) is 0 Å². The average molecular weight is 387 g/mol. The van der Waals surface area contributed by atoms with E-state index in [0.29, 0.717) is 34.8 Å². The summed E-state index contributed by atoms with van der Waals surface area (Å²) in [5.74, 6) is 1.21. The zero-order valence-corrected chi connectivity index (χ0v) is 16.3. The van der Waals surface area contributed by atoms with Gasteiger partial charge in [-0.3, -0.25) is 14.2 Å².